The molecule has 18 heavy (non-hydrogen) atoms. The van der Waals surface area contributed by atoms with Crippen molar-refractivity contribution in [3.8, 4) is 5.75 Å². The highest BCUT2D eigenvalue weighted by atomic mass is 79.9. The summed E-state index contributed by atoms with van der Waals surface area (Å²) in [6.45, 7) is 0.830. The molecule has 1 atom stereocenters. The zero-order chi connectivity index (χ0) is 12.4. The smallest absolute Gasteiger partial charge is 0.123 e. The first-order valence-electron chi connectivity index (χ1n) is 6.05. The van der Waals surface area contributed by atoms with E-state index in [2.05, 4.69) is 39.4 Å². The van der Waals surface area contributed by atoms with Crippen LogP contribution in [0.25, 0.3) is 0 Å². The molecular formula is C15H14BrNO. The molecule has 2 nitrogen and oxygen atoms in total. The molecule has 0 radical (unpaired) electrons. The lowest BCUT2D eigenvalue weighted by Crippen LogP contribution is -2.23. The van der Waals surface area contributed by atoms with Gasteiger partial charge < -0.3 is 10.1 Å². The molecule has 0 aliphatic carbocycles. The summed E-state index contributed by atoms with van der Waals surface area (Å²) in [6.07, 6.45) is 1.18. The van der Waals surface area contributed by atoms with Gasteiger partial charge in [-0.25, -0.2) is 0 Å². The van der Waals surface area contributed by atoms with Gasteiger partial charge in [-0.1, -0.05) is 34.1 Å². The number of benzene rings is 2. The highest BCUT2D eigenvalue weighted by Gasteiger charge is 2.22. The predicted molar refractivity (Wildman–Crippen MR) is 77.2 cm³/mol. The van der Waals surface area contributed by atoms with E-state index in [1.54, 1.807) is 0 Å². The van der Waals surface area contributed by atoms with Crippen LogP contribution in [-0.2, 0) is 6.42 Å². The van der Waals surface area contributed by atoms with E-state index in [0.717, 1.165) is 28.9 Å². The van der Waals surface area contributed by atoms with E-state index in [-0.39, 0.29) is 6.10 Å². The Hall–Kier alpha value is -1.48. The number of hydrogen-bond acceptors (Lipinski definition) is 2. The minimum Gasteiger partial charge on any atom is -0.488 e. The quantitative estimate of drug-likeness (QED) is 0.929. The maximum atomic E-state index is 5.90. The van der Waals surface area contributed by atoms with Gasteiger partial charge in [0.15, 0.2) is 0 Å². The monoisotopic (exact) mass is 303 g/mol. The van der Waals surface area contributed by atoms with Crippen LogP contribution in [0.5, 0.6) is 5.75 Å². The molecule has 0 aromatic heterocycles. The fourth-order valence-corrected chi connectivity index (χ4v) is 2.60. The van der Waals surface area contributed by atoms with Crippen LogP contribution in [0.4, 0.5) is 5.69 Å². The SMILES string of the molecule is Brc1ccc2c(c1)CC(CNc1ccccc1)O2. The van der Waals surface area contributed by atoms with Crippen molar-refractivity contribution in [1.29, 1.82) is 0 Å². The fraction of sp³-hybridized carbons (Fsp3) is 0.200. The summed E-state index contributed by atoms with van der Waals surface area (Å²) in [5.74, 6) is 1.01. The largest absolute Gasteiger partial charge is 0.488 e. The molecule has 0 saturated heterocycles. The van der Waals surface area contributed by atoms with E-state index >= 15 is 0 Å². The summed E-state index contributed by atoms with van der Waals surface area (Å²) >= 11 is 3.49. The van der Waals surface area contributed by atoms with Gasteiger partial charge in [-0.15, -0.1) is 0 Å². The molecule has 1 heterocycles. The summed E-state index contributed by atoms with van der Waals surface area (Å²) in [7, 11) is 0. The van der Waals surface area contributed by atoms with Crippen molar-refractivity contribution in [3.63, 3.8) is 0 Å². The number of rotatable bonds is 3. The molecule has 0 saturated carbocycles. The number of nitrogens with one attached hydrogen (secondary N) is 1. The normalized spacial score (nSPS) is 17.1. The van der Waals surface area contributed by atoms with Crippen molar-refractivity contribution in [2.45, 2.75) is 12.5 Å². The van der Waals surface area contributed by atoms with Crippen LogP contribution >= 0.6 is 15.9 Å². The number of anilines is 1. The van der Waals surface area contributed by atoms with E-state index in [9.17, 15) is 0 Å². The van der Waals surface area contributed by atoms with Crippen molar-refractivity contribution in [2.75, 3.05) is 11.9 Å². The fourth-order valence-electron chi connectivity index (χ4n) is 2.19. The van der Waals surface area contributed by atoms with Crippen LogP contribution in [0.15, 0.2) is 53.0 Å². The summed E-state index contributed by atoms with van der Waals surface area (Å²) in [5.41, 5.74) is 2.42. The molecule has 3 rings (SSSR count). The second-order valence-electron chi connectivity index (χ2n) is 4.44. The van der Waals surface area contributed by atoms with Crippen molar-refractivity contribution in [2.24, 2.45) is 0 Å². The highest BCUT2D eigenvalue weighted by Crippen LogP contribution is 2.31. The van der Waals surface area contributed by atoms with Crippen LogP contribution < -0.4 is 10.1 Å². The van der Waals surface area contributed by atoms with Crippen molar-refractivity contribution < 1.29 is 4.74 Å². The Morgan fingerprint density at radius 2 is 2.00 bits per heavy atom. The molecule has 0 amide bonds. The van der Waals surface area contributed by atoms with Crippen LogP contribution in [-0.4, -0.2) is 12.6 Å². The third-order valence-electron chi connectivity index (χ3n) is 3.07. The third kappa shape index (κ3) is 2.51. The maximum absolute atomic E-state index is 5.90. The molecule has 3 heteroatoms. The van der Waals surface area contributed by atoms with E-state index < -0.39 is 0 Å². The number of para-hydroxylation sites is 1. The van der Waals surface area contributed by atoms with Gasteiger partial charge in [-0.05, 0) is 35.9 Å². The lowest BCUT2D eigenvalue weighted by Gasteiger charge is -2.12. The van der Waals surface area contributed by atoms with E-state index in [4.69, 9.17) is 4.74 Å². The molecule has 0 fully saturated rings. The third-order valence-corrected chi connectivity index (χ3v) is 3.56. The van der Waals surface area contributed by atoms with Crippen LogP contribution in [0.3, 0.4) is 0 Å². The lowest BCUT2D eigenvalue weighted by molar-refractivity contribution is 0.246. The molecule has 0 spiro atoms. The predicted octanol–water partition coefficient (Wildman–Crippen LogP) is 3.86. The Bertz CT molecular complexity index is 541. The van der Waals surface area contributed by atoms with Gasteiger partial charge >= 0.3 is 0 Å². The Morgan fingerprint density at radius 3 is 2.83 bits per heavy atom. The van der Waals surface area contributed by atoms with Crippen molar-refractivity contribution in [1.82, 2.24) is 0 Å². The molecular weight excluding hydrogens is 290 g/mol. The maximum Gasteiger partial charge on any atom is 0.123 e. The van der Waals surface area contributed by atoms with Gasteiger partial charge in [0.05, 0.1) is 6.54 Å². The molecule has 0 bridgehead atoms. The van der Waals surface area contributed by atoms with Crippen LogP contribution in [0.1, 0.15) is 5.56 Å². The van der Waals surface area contributed by atoms with Gasteiger partial charge in [-0.3, -0.25) is 0 Å². The summed E-state index contributed by atoms with van der Waals surface area (Å²) in [6, 6.07) is 16.4. The Morgan fingerprint density at radius 1 is 1.17 bits per heavy atom. The second kappa shape index (κ2) is 5.02. The van der Waals surface area contributed by atoms with E-state index in [0.29, 0.717) is 0 Å². The first-order chi connectivity index (χ1) is 8.81. The molecule has 2 aromatic carbocycles. The first kappa shape index (κ1) is 11.6. The van der Waals surface area contributed by atoms with Crippen LogP contribution in [0, 0.1) is 0 Å². The van der Waals surface area contributed by atoms with Crippen molar-refractivity contribution >= 4 is 21.6 Å². The van der Waals surface area contributed by atoms with Crippen molar-refractivity contribution in [3.05, 3.63) is 58.6 Å². The van der Waals surface area contributed by atoms with E-state index in [1.807, 2.05) is 30.3 Å². The van der Waals surface area contributed by atoms with Gasteiger partial charge in [-0.2, -0.15) is 0 Å². The Labute approximate surface area is 115 Å². The molecule has 1 N–H and O–H groups in total. The summed E-state index contributed by atoms with van der Waals surface area (Å²) in [4.78, 5) is 0. The lowest BCUT2D eigenvalue weighted by atomic mass is 10.1. The molecule has 92 valence electrons. The zero-order valence-electron chi connectivity index (χ0n) is 9.90. The molecule has 1 unspecified atom stereocenters. The number of ether oxygens (including phenoxy) is 1. The standard InChI is InChI=1S/C15H14BrNO/c16-12-6-7-15-11(8-12)9-14(18-15)10-17-13-4-2-1-3-5-13/h1-8,14,17H,9-10H2. The topological polar surface area (TPSA) is 21.3 Å². The van der Waals surface area contributed by atoms with E-state index in [1.165, 1.54) is 5.56 Å². The summed E-state index contributed by atoms with van der Waals surface area (Å²) in [5, 5.41) is 3.40. The highest BCUT2D eigenvalue weighted by molar-refractivity contribution is 9.10. The summed E-state index contributed by atoms with van der Waals surface area (Å²) < 4.78 is 7.01. The van der Waals surface area contributed by atoms with Crippen LogP contribution in [0.2, 0.25) is 0 Å². The molecule has 1 aliphatic rings. The second-order valence-corrected chi connectivity index (χ2v) is 5.36. The average Bonchev–Trinajstić information content (AvgIpc) is 2.79. The number of halogens is 1. The molecule has 2 aromatic rings. The van der Waals surface area contributed by atoms with Gasteiger partial charge in [0.1, 0.15) is 11.9 Å². The number of hydrogen-bond donors (Lipinski definition) is 1. The van der Waals surface area contributed by atoms with Gasteiger partial charge in [0.25, 0.3) is 0 Å². The first-order valence-corrected chi connectivity index (χ1v) is 6.84. The minimum atomic E-state index is 0.217. The Kier molecular flexibility index (Phi) is 3.24. The minimum absolute atomic E-state index is 0.217. The average molecular weight is 304 g/mol. The molecule has 1 aliphatic heterocycles. The number of fused-ring (bicyclic) bond motifs is 1. The Balaban J connectivity index is 1.61. The van der Waals surface area contributed by atoms with Gasteiger partial charge in [0, 0.05) is 16.6 Å². The van der Waals surface area contributed by atoms with Gasteiger partial charge in [0.2, 0.25) is 0 Å². The zero-order valence-corrected chi connectivity index (χ0v) is 11.5.